The molecule has 148 valence electrons. The molecular formula is C20H23N3O4S. The summed E-state index contributed by atoms with van der Waals surface area (Å²) in [6.07, 6.45) is 0. The molecule has 28 heavy (non-hydrogen) atoms. The number of anilines is 1. The highest BCUT2D eigenvalue weighted by Crippen LogP contribution is 2.20. The second-order valence-corrected chi connectivity index (χ2v) is 6.97. The first kappa shape index (κ1) is 21.4. The summed E-state index contributed by atoms with van der Waals surface area (Å²) in [4.78, 5) is 36.8. The van der Waals surface area contributed by atoms with Crippen molar-refractivity contribution in [3.05, 3.63) is 69.8 Å². The molecular weight excluding hydrogens is 378 g/mol. The van der Waals surface area contributed by atoms with Crippen LogP contribution in [0.25, 0.3) is 0 Å². The van der Waals surface area contributed by atoms with Gasteiger partial charge < -0.3 is 10.2 Å². The number of nitro groups is 1. The van der Waals surface area contributed by atoms with Gasteiger partial charge in [-0.1, -0.05) is 24.3 Å². The lowest BCUT2D eigenvalue weighted by atomic mass is 10.1. The van der Waals surface area contributed by atoms with Crippen LogP contribution in [0.3, 0.4) is 0 Å². The van der Waals surface area contributed by atoms with Gasteiger partial charge in [0, 0.05) is 31.0 Å². The van der Waals surface area contributed by atoms with Crippen LogP contribution >= 0.6 is 11.8 Å². The Bertz CT molecular complexity index is 836. The highest BCUT2D eigenvalue weighted by atomic mass is 32.2. The average Bonchev–Trinajstić information content (AvgIpc) is 2.69. The Hall–Kier alpha value is -2.87. The number of nitrogens with zero attached hydrogens (tertiary/aromatic N) is 2. The SMILES string of the molecule is CCN(CC)C(=O)c1ccccc1NC(=O)CSCc1ccc([N+](=O)[O-])cc1. The summed E-state index contributed by atoms with van der Waals surface area (Å²) in [5, 5.41) is 13.5. The maximum absolute atomic E-state index is 12.6. The minimum absolute atomic E-state index is 0.0426. The third-order valence-electron chi connectivity index (χ3n) is 4.13. The molecule has 0 atom stereocenters. The molecule has 7 nitrogen and oxygen atoms in total. The minimum atomic E-state index is -0.443. The monoisotopic (exact) mass is 401 g/mol. The van der Waals surface area contributed by atoms with Crippen molar-refractivity contribution in [2.45, 2.75) is 19.6 Å². The zero-order valence-corrected chi connectivity index (χ0v) is 16.7. The lowest BCUT2D eigenvalue weighted by Crippen LogP contribution is -2.31. The predicted molar refractivity (Wildman–Crippen MR) is 112 cm³/mol. The Morgan fingerprint density at radius 1 is 1.07 bits per heavy atom. The second kappa shape index (κ2) is 10.5. The number of amides is 2. The number of benzene rings is 2. The van der Waals surface area contributed by atoms with Crippen LogP contribution in [0.2, 0.25) is 0 Å². The number of thioether (sulfide) groups is 1. The van der Waals surface area contributed by atoms with E-state index in [-0.39, 0.29) is 23.3 Å². The molecule has 2 aromatic rings. The number of para-hydroxylation sites is 1. The van der Waals surface area contributed by atoms with Crippen molar-refractivity contribution < 1.29 is 14.5 Å². The Labute approximate surface area is 168 Å². The molecule has 0 fully saturated rings. The van der Waals surface area contributed by atoms with Gasteiger partial charge in [-0.2, -0.15) is 0 Å². The summed E-state index contributed by atoms with van der Waals surface area (Å²) >= 11 is 1.40. The Balaban J connectivity index is 1.93. The summed E-state index contributed by atoms with van der Waals surface area (Å²) in [6, 6.07) is 13.2. The fraction of sp³-hybridized carbons (Fsp3) is 0.300. The molecule has 0 heterocycles. The van der Waals surface area contributed by atoms with Gasteiger partial charge in [0.2, 0.25) is 5.91 Å². The fourth-order valence-corrected chi connectivity index (χ4v) is 3.41. The van der Waals surface area contributed by atoms with Crippen molar-refractivity contribution in [1.82, 2.24) is 4.90 Å². The minimum Gasteiger partial charge on any atom is -0.339 e. The summed E-state index contributed by atoms with van der Waals surface area (Å²) in [5.74, 6) is 0.460. The third-order valence-corrected chi connectivity index (χ3v) is 5.14. The maximum Gasteiger partial charge on any atom is 0.269 e. The molecule has 2 rings (SSSR count). The van der Waals surface area contributed by atoms with Gasteiger partial charge in [0.1, 0.15) is 0 Å². The fourth-order valence-electron chi connectivity index (χ4n) is 2.62. The van der Waals surface area contributed by atoms with Crippen molar-refractivity contribution in [3.8, 4) is 0 Å². The van der Waals surface area contributed by atoms with E-state index in [0.717, 1.165) is 5.56 Å². The molecule has 0 bridgehead atoms. The lowest BCUT2D eigenvalue weighted by molar-refractivity contribution is -0.384. The van der Waals surface area contributed by atoms with Crippen molar-refractivity contribution in [2.24, 2.45) is 0 Å². The first-order valence-electron chi connectivity index (χ1n) is 8.95. The molecule has 0 aliphatic rings. The Morgan fingerprint density at radius 2 is 1.71 bits per heavy atom. The molecule has 2 amide bonds. The van der Waals surface area contributed by atoms with E-state index in [9.17, 15) is 19.7 Å². The van der Waals surface area contributed by atoms with Crippen LogP contribution < -0.4 is 5.32 Å². The number of hydrogen-bond donors (Lipinski definition) is 1. The first-order valence-corrected chi connectivity index (χ1v) is 10.1. The maximum atomic E-state index is 12.6. The largest absolute Gasteiger partial charge is 0.339 e. The molecule has 0 spiro atoms. The van der Waals surface area contributed by atoms with Crippen LogP contribution in [0.1, 0.15) is 29.8 Å². The molecule has 0 aliphatic heterocycles. The average molecular weight is 401 g/mol. The molecule has 8 heteroatoms. The molecule has 0 aliphatic carbocycles. The molecule has 2 aromatic carbocycles. The summed E-state index contributed by atoms with van der Waals surface area (Å²) in [7, 11) is 0. The lowest BCUT2D eigenvalue weighted by Gasteiger charge is -2.20. The number of carbonyl (C=O) groups is 2. The van der Waals surface area contributed by atoms with E-state index < -0.39 is 4.92 Å². The van der Waals surface area contributed by atoms with Crippen molar-refractivity contribution >= 4 is 35.0 Å². The van der Waals surface area contributed by atoms with Crippen LogP contribution in [0, 0.1) is 10.1 Å². The number of hydrogen-bond acceptors (Lipinski definition) is 5. The number of carbonyl (C=O) groups excluding carboxylic acids is 2. The number of nitrogens with one attached hydrogen (secondary N) is 1. The highest BCUT2D eigenvalue weighted by Gasteiger charge is 2.17. The van der Waals surface area contributed by atoms with Crippen molar-refractivity contribution in [2.75, 3.05) is 24.2 Å². The predicted octanol–water partition coefficient (Wildman–Crippen LogP) is 3.95. The van der Waals surface area contributed by atoms with E-state index in [1.807, 2.05) is 13.8 Å². The second-order valence-electron chi connectivity index (χ2n) is 5.99. The van der Waals surface area contributed by atoms with E-state index in [1.165, 1.54) is 23.9 Å². The number of non-ortho nitro benzene ring substituents is 1. The molecule has 0 saturated carbocycles. The number of rotatable bonds is 9. The van der Waals surface area contributed by atoms with Crippen LogP contribution in [-0.2, 0) is 10.5 Å². The van der Waals surface area contributed by atoms with Gasteiger partial charge in [-0.15, -0.1) is 11.8 Å². The van der Waals surface area contributed by atoms with Crippen LogP contribution in [0.5, 0.6) is 0 Å². The number of nitro benzene ring substituents is 1. The molecule has 0 radical (unpaired) electrons. The zero-order chi connectivity index (χ0) is 20.5. The summed E-state index contributed by atoms with van der Waals surface area (Å²) in [6.45, 7) is 5.03. The van der Waals surface area contributed by atoms with Gasteiger partial charge in [-0.25, -0.2) is 0 Å². The Morgan fingerprint density at radius 3 is 2.32 bits per heavy atom. The summed E-state index contributed by atoms with van der Waals surface area (Å²) < 4.78 is 0. The van der Waals surface area contributed by atoms with Crippen molar-refractivity contribution in [1.29, 1.82) is 0 Å². The first-order chi connectivity index (χ1) is 13.5. The smallest absolute Gasteiger partial charge is 0.269 e. The van der Waals surface area contributed by atoms with E-state index in [1.54, 1.807) is 41.3 Å². The van der Waals surface area contributed by atoms with E-state index in [2.05, 4.69) is 5.32 Å². The van der Waals surface area contributed by atoms with Gasteiger partial charge >= 0.3 is 0 Å². The zero-order valence-electron chi connectivity index (χ0n) is 15.9. The van der Waals surface area contributed by atoms with Gasteiger partial charge in [0.05, 0.1) is 21.9 Å². The summed E-state index contributed by atoms with van der Waals surface area (Å²) in [5.41, 5.74) is 1.92. The standard InChI is InChI=1S/C20H23N3O4S/c1-3-22(4-2)20(25)17-7-5-6-8-18(17)21-19(24)14-28-13-15-9-11-16(12-10-15)23(26)27/h5-12H,3-4,13-14H2,1-2H3,(H,21,24). The normalized spacial score (nSPS) is 10.4. The van der Waals surface area contributed by atoms with Gasteiger partial charge in [0.15, 0.2) is 0 Å². The Kier molecular flexibility index (Phi) is 8.01. The van der Waals surface area contributed by atoms with Gasteiger partial charge in [0.25, 0.3) is 11.6 Å². The van der Waals surface area contributed by atoms with Crippen LogP contribution in [0.4, 0.5) is 11.4 Å². The molecule has 0 saturated heterocycles. The molecule has 1 N–H and O–H groups in total. The quantitative estimate of drug-likeness (QED) is 0.507. The van der Waals surface area contributed by atoms with Gasteiger partial charge in [-0.05, 0) is 31.5 Å². The molecule has 0 unspecified atom stereocenters. The van der Waals surface area contributed by atoms with E-state index in [0.29, 0.717) is 30.1 Å². The topological polar surface area (TPSA) is 92.6 Å². The molecule has 0 aromatic heterocycles. The van der Waals surface area contributed by atoms with Crippen LogP contribution in [0.15, 0.2) is 48.5 Å². The van der Waals surface area contributed by atoms with E-state index in [4.69, 9.17) is 0 Å². The van der Waals surface area contributed by atoms with E-state index >= 15 is 0 Å². The van der Waals surface area contributed by atoms with Crippen molar-refractivity contribution in [3.63, 3.8) is 0 Å². The third kappa shape index (κ3) is 5.82. The van der Waals surface area contributed by atoms with Crippen LogP contribution in [-0.4, -0.2) is 40.5 Å². The highest BCUT2D eigenvalue weighted by molar-refractivity contribution is 7.99. The van der Waals surface area contributed by atoms with Gasteiger partial charge in [-0.3, -0.25) is 19.7 Å².